The number of methoxy groups -OCH3 is 1. The van der Waals surface area contributed by atoms with E-state index in [2.05, 4.69) is 0 Å². The van der Waals surface area contributed by atoms with Gasteiger partial charge in [-0.3, -0.25) is 0 Å². The van der Waals surface area contributed by atoms with Gasteiger partial charge < -0.3 is 19.3 Å². The van der Waals surface area contributed by atoms with Crippen LogP contribution in [0.2, 0.25) is 0 Å². The van der Waals surface area contributed by atoms with Crippen molar-refractivity contribution >= 4 is 5.97 Å². The monoisotopic (exact) mass is 348 g/mol. The van der Waals surface area contributed by atoms with Crippen LogP contribution in [0.4, 0.5) is 4.39 Å². The summed E-state index contributed by atoms with van der Waals surface area (Å²) in [6.07, 6.45) is 0. The Kier molecular flexibility index (Phi) is 6.22. The van der Waals surface area contributed by atoms with E-state index < -0.39 is 11.8 Å². The molecular formula is C19H21FO5. The first-order valence-electron chi connectivity index (χ1n) is 7.89. The van der Waals surface area contributed by atoms with Crippen molar-refractivity contribution in [1.82, 2.24) is 0 Å². The minimum atomic E-state index is -1.03. The lowest BCUT2D eigenvalue weighted by Gasteiger charge is -2.18. The van der Waals surface area contributed by atoms with Gasteiger partial charge >= 0.3 is 5.97 Å². The van der Waals surface area contributed by atoms with E-state index in [-0.39, 0.29) is 30.4 Å². The standard InChI is InChI=1S/C19H21FO5/c1-12(2)14-10-13(19(21)22)11-17(23-3)18(14)25-9-8-24-16-7-5-4-6-15(16)20/h4-7,10-12H,8-9H2,1-3H3,(H,21,22). The smallest absolute Gasteiger partial charge is 0.335 e. The Hall–Kier alpha value is -2.76. The number of aromatic carboxylic acids is 1. The highest BCUT2D eigenvalue weighted by Crippen LogP contribution is 2.37. The van der Waals surface area contributed by atoms with E-state index >= 15 is 0 Å². The largest absolute Gasteiger partial charge is 0.493 e. The van der Waals surface area contributed by atoms with Gasteiger partial charge in [-0.2, -0.15) is 0 Å². The van der Waals surface area contributed by atoms with Crippen molar-refractivity contribution < 1.29 is 28.5 Å². The highest BCUT2D eigenvalue weighted by atomic mass is 19.1. The predicted molar refractivity (Wildman–Crippen MR) is 91.4 cm³/mol. The normalized spacial score (nSPS) is 10.6. The molecule has 134 valence electrons. The van der Waals surface area contributed by atoms with Crippen LogP contribution in [0.15, 0.2) is 36.4 Å². The zero-order valence-corrected chi connectivity index (χ0v) is 14.4. The second kappa shape index (κ2) is 8.37. The molecule has 0 atom stereocenters. The van der Waals surface area contributed by atoms with Crippen molar-refractivity contribution in [2.75, 3.05) is 20.3 Å². The van der Waals surface area contributed by atoms with Crippen LogP contribution < -0.4 is 14.2 Å². The van der Waals surface area contributed by atoms with Gasteiger partial charge in [0.1, 0.15) is 13.2 Å². The molecule has 5 nitrogen and oxygen atoms in total. The third kappa shape index (κ3) is 4.62. The maximum absolute atomic E-state index is 13.5. The summed E-state index contributed by atoms with van der Waals surface area (Å²) in [6, 6.07) is 9.12. The second-order valence-electron chi connectivity index (χ2n) is 5.68. The van der Waals surface area contributed by atoms with E-state index in [0.29, 0.717) is 11.5 Å². The maximum atomic E-state index is 13.5. The molecule has 0 aromatic heterocycles. The molecule has 1 N–H and O–H groups in total. The quantitative estimate of drug-likeness (QED) is 0.727. The molecule has 2 aromatic carbocycles. The van der Waals surface area contributed by atoms with Gasteiger partial charge in [0.2, 0.25) is 0 Å². The zero-order valence-electron chi connectivity index (χ0n) is 14.4. The molecule has 0 fully saturated rings. The fourth-order valence-corrected chi connectivity index (χ4v) is 2.34. The molecule has 2 aromatic rings. The van der Waals surface area contributed by atoms with E-state index in [1.54, 1.807) is 18.2 Å². The minimum Gasteiger partial charge on any atom is -0.493 e. The van der Waals surface area contributed by atoms with Crippen molar-refractivity contribution in [3.05, 3.63) is 53.3 Å². The Bertz CT molecular complexity index is 743. The number of benzene rings is 2. The van der Waals surface area contributed by atoms with Gasteiger partial charge in [0.05, 0.1) is 12.7 Å². The lowest BCUT2D eigenvalue weighted by Crippen LogP contribution is -2.12. The maximum Gasteiger partial charge on any atom is 0.335 e. The molecule has 0 heterocycles. The number of carboxylic acid groups (broad SMARTS) is 1. The Balaban J connectivity index is 2.12. The third-order valence-corrected chi connectivity index (χ3v) is 3.60. The topological polar surface area (TPSA) is 65.0 Å². The molecule has 0 spiro atoms. The van der Waals surface area contributed by atoms with Crippen LogP contribution in [0.25, 0.3) is 0 Å². The molecule has 0 aliphatic heterocycles. The predicted octanol–water partition coefficient (Wildman–Crippen LogP) is 4.11. The summed E-state index contributed by atoms with van der Waals surface area (Å²) in [5, 5.41) is 9.22. The van der Waals surface area contributed by atoms with Crippen molar-refractivity contribution in [2.24, 2.45) is 0 Å². The van der Waals surface area contributed by atoms with E-state index in [0.717, 1.165) is 5.56 Å². The first-order valence-corrected chi connectivity index (χ1v) is 7.89. The van der Waals surface area contributed by atoms with Gasteiger partial charge in [0.25, 0.3) is 0 Å². The zero-order chi connectivity index (χ0) is 18.4. The molecule has 0 amide bonds. The summed E-state index contributed by atoms with van der Waals surface area (Å²) in [5.74, 6) is -0.461. The molecule has 0 bridgehead atoms. The number of para-hydroxylation sites is 1. The molecule has 0 radical (unpaired) electrons. The summed E-state index contributed by atoms with van der Waals surface area (Å²) >= 11 is 0. The fourth-order valence-electron chi connectivity index (χ4n) is 2.34. The second-order valence-corrected chi connectivity index (χ2v) is 5.68. The van der Waals surface area contributed by atoms with E-state index in [4.69, 9.17) is 14.2 Å². The van der Waals surface area contributed by atoms with Crippen LogP contribution in [0, 0.1) is 5.82 Å². The molecule has 25 heavy (non-hydrogen) atoms. The SMILES string of the molecule is COc1cc(C(=O)O)cc(C(C)C)c1OCCOc1ccccc1F. The van der Waals surface area contributed by atoms with E-state index in [1.165, 1.54) is 25.3 Å². The molecular weight excluding hydrogens is 327 g/mol. The lowest BCUT2D eigenvalue weighted by molar-refractivity contribution is 0.0696. The van der Waals surface area contributed by atoms with Gasteiger partial charge in [-0.25, -0.2) is 9.18 Å². The Morgan fingerprint density at radius 3 is 2.40 bits per heavy atom. The first kappa shape index (κ1) is 18.6. The molecule has 0 saturated heterocycles. The van der Waals surface area contributed by atoms with Crippen LogP contribution in [0.3, 0.4) is 0 Å². The summed E-state index contributed by atoms with van der Waals surface area (Å²) < 4.78 is 29.9. The number of carboxylic acids is 1. The minimum absolute atomic E-state index is 0.0377. The molecule has 0 unspecified atom stereocenters. The van der Waals surface area contributed by atoms with Crippen molar-refractivity contribution in [2.45, 2.75) is 19.8 Å². The highest BCUT2D eigenvalue weighted by molar-refractivity contribution is 5.89. The van der Waals surface area contributed by atoms with Gasteiger partial charge in [-0.1, -0.05) is 26.0 Å². The summed E-state index contributed by atoms with van der Waals surface area (Å²) in [7, 11) is 1.45. The number of halogens is 1. The van der Waals surface area contributed by atoms with Crippen LogP contribution in [-0.4, -0.2) is 31.4 Å². The number of rotatable bonds is 8. The highest BCUT2D eigenvalue weighted by Gasteiger charge is 2.18. The van der Waals surface area contributed by atoms with Gasteiger partial charge in [0.15, 0.2) is 23.1 Å². The number of carbonyl (C=O) groups is 1. The number of ether oxygens (including phenoxy) is 3. The van der Waals surface area contributed by atoms with Crippen molar-refractivity contribution in [3.8, 4) is 17.2 Å². The average Bonchev–Trinajstić information content (AvgIpc) is 2.59. The Labute approximate surface area is 146 Å². The Morgan fingerprint density at radius 1 is 1.12 bits per heavy atom. The van der Waals surface area contributed by atoms with Crippen LogP contribution >= 0.6 is 0 Å². The number of hydrogen-bond donors (Lipinski definition) is 1. The van der Waals surface area contributed by atoms with Crippen molar-refractivity contribution in [1.29, 1.82) is 0 Å². The number of hydrogen-bond acceptors (Lipinski definition) is 4. The average molecular weight is 348 g/mol. The van der Waals surface area contributed by atoms with E-state index in [9.17, 15) is 14.3 Å². The molecule has 0 saturated carbocycles. The van der Waals surface area contributed by atoms with Gasteiger partial charge in [-0.05, 0) is 30.2 Å². The fraction of sp³-hybridized carbons (Fsp3) is 0.316. The van der Waals surface area contributed by atoms with Gasteiger partial charge in [0, 0.05) is 5.56 Å². The summed E-state index contributed by atoms with van der Waals surface area (Å²) in [6.45, 7) is 4.17. The lowest BCUT2D eigenvalue weighted by atomic mass is 9.99. The molecule has 2 rings (SSSR count). The molecule has 0 aliphatic rings. The van der Waals surface area contributed by atoms with Crippen LogP contribution in [0.5, 0.6) is 17.2 Å². The Morgan fingerprint density at radius 2 is 1.80 bits per heavy atom. The first-order chi connectivity index (χ1) is 11.9. The molecule has 6 heteroatoms. The van der Waals surface area contributed by atoms with Crippen molar-refractivity contribution in [3.63, 3.8) is 0 Å². The summed E-state index contributed by atoms with van der Waals surface area (Å²) in [5.41, 5.74) is 0.859. The van der Waals surface area contributed by atoms with Crippen LogP contribution in [0.1, 0.15) is 35.7 Å². The van der Waals surface area contributed by atoms with Crippen LogP contribution in [-0.2, 0) is 0 Å². The molecule has 0 aliphatic carbocycles. The van der Waals surface area contributed by atoms with E-state index in [1.807, 2.05) is 13.8 Å². The summed E-state index contributed by atoms with van der Waals surface area (Å²) in [4.78, 5) is 11.3. The third-order valence-electron chi connectivity index (χ3n) is 3.60. The van der Waals surface area contributed by atoms with Gasteiger partial charge in [-0.15, -0.1) is 0 Å².